The van der Waals surface area contributed by atoms with Gasteiger partial charge in [0.15, 0.2) is 0 Å². The van der Waals surface area contributed by atoms with E-state index < -0.39 is 0 Å². The van der Waals surface area contributed by atoms with Gasteiger partial charge in [-0.15, -0.1) is 11.3 Å². The van der Waals surface area contributed by atoms with Crippen LogP contribution < -0.4 is 10.1 Å². The number of hydrogen-bond acceptors (Lipinski definition) is 4. The van der Waals surface area contributed by atoms with E-state index in [-0.39, 0.29) is 36.6 Å². The molecule has 168 valence electrons. The van der Waals surface area contributed by atoms with Crippen LogP contribution in [0.5, 0.6) is 5.75 Å². The van der Waals surface area contributed by atoms with Crippen LogP contribution in [0.1, 0.15) is 44.2 Å². The minimum absolute atomic E-state index is 0.00716. The number of benzene rings is 1. The lowest BCUT2D eigenvalue weighted by molar-refractivity contribution is -0.135. The Morgan fingerprint density at radius 2 is 1.94 bits per heavy atom. The molecule has 1 aliphatic heterocycles. The zero-order valence-corrected chi connectivity index (χ0v) is 20.0. The van der Waals surface area contributed by atoms with Crippen LogP contribution in [0.15, 0.2) is 35.7 Å². The average Bonchev–Trinajstić information content (AvgIpc) is 3.19. The number of thiophene rings is 1. The molecule has 6 nitrogen and oxygen atoms in total. The number of urea groups is 1. The molecule has 0 bridgehead atoms. The van der Waals surface area contributed by atoms with Gasteiger partial charge in [0.05, 0.1) is 6.04 Å². The van der Waals surface area contributed by atoms with Crippen molar-refractivity contribution in [2.45, 2.75) is 52.2 Å². The molecular formula is C23H30ClN3O3S. The van der Waals surface area contributed by atoms with Crippen molar-refractivity contribution < 1.29 is 14.3 Å². The van der Waals surface area contributed by atoms with Gasteiger partial charge in [-0.3, -0.25) is 4.79 Å². The van der Waals surface area contributed by atoms with E-state index in [9.17, 15) is 9.59 Å². The zero-order valence-electron chi connectivity index (χ0n) is 18.4. The Morgan fingerprint density at radius 1 is 1.23 bits per heavy atom. The Balaban J connectivity index is 1.76. The van der Waals surface area contributed by atoms with E-state index in [1.165, 1.54) is 4.88 Å². The molecule has 2 heterocycles. The van der Waals surface area contributed by atoms with Crippen LogP contribution >= 0.6 is 22.9 Å². The third-order valence-electron chi connectivity index (χ3n) is 5.24. The number of halogens is 1. The van der Waals surface area contributed by atoms with Crippen LogP contribution in [0.25, 0.3) is 0 Å². The lowest BCUT2D eigenvalue weighted by Crippen LogP contribution is -2.52. The monoisotopic (exact) mass is 463 g/mol. The predicted molar refractivity (Wildman–Crippen MR) is 125 cm³/mol. The highest BCUT2D eigenvalue weighted by Crippen LogP contribution is 2.34. The molecule has 3 amide bonds. The van der Waals surface area contributed by atoms with Gasteiger partial charge in [0, 0.05) is 28.5 Å². The second kappa shape index (κ2) is 10.4. The number of nitrogens with one attached hydrogen (secondary N) is 1. The van der Waals surface area contributed by atoms with Crippen molar-refractivity contribution in [2.75, 3.05) is 19.7 Å². The summed E-state index contributed by atoms with van der Waals surface area (Å²) in [4.78, 5) is 30.7. The molecule has 0 radical (unpaired) electrons. The first-order valence-electron chi connectivity index (χ1n) is 10.6. The summed E-state index contributed by atoms with van der Waals surface area (Å²) in [5.74, 6) is 0.633. The van der Waals surface area contributed by atoms with Crippen LogP contribution in [-0.4, -0.2) is 53.5 Å². The topological polar surface area (TPSA) is 61.9 Å². The Kier molecular flexibility index (Phi) is 7.84. The molecule has 1 N–H and O–H groups in total. The Hall–Kier alpha value is -2.25. The van der Waals surface area contributed by atoms with Crippen molar-refractivity contribution in [1.82, 2.24) is 15.1 Å². The number of ether oxygens (including phenoxy) is 1. The molecule has 1 atom stereocenters. The van der Waals surface area contributed by atoms with Gasteiger partial charge in [-0.05, 0) is 75.4 Å². The van der Waals surface area contributed by atoms with Gasteiger partial charge in [-0.25, -0.2) is 4.79 Å². The smallest absolute Gasteiger partial charge is 0.318 e. The minimum atomic E-state index is -0.222. The summed E-state index contributed by atoms with van der Waals surface area (Å²) >= 11 is 7.68. The molecule has 1 aromatic heterocycles. The summed E-state index contributed by atoms with van der Waals surface area (Å²) < 4.78 is 6.02. The maximum Gasteiger partial charge on any atom is 0.318 e. The highest BCUT2D eigenvalue weighted by Gasteiger charge is 2.34. The van der Waals surface area contributed by atoms with Gasteiger partial charge in [0.1, 0.15) is 18.9 Å². The van der Waals surface area contributed by atoms with Gasteiger partial charge in [0.2, 0.25) is 5.91 Å². The number of amides is 3. The first-order chi connectivity index (χ1) is 14.8. The van der Waals surface area contributed by atoms with E-state index in [4.69, 9.17) is 16.3 Å². The summed E-state index contributed by atoms with van der Waals surface area (Å²) in [7, 11) is 0. The fraction of sp³-hybridized carbons (Fsp3) is 0.478. The van der Waals surface area contributed by atoms with Crippen molar-refractivity contribution in [1.29, 1.82) is 0 Å². The molecule has 2 aromatic rings. The van der Waals surface area contributed by atoms with Crippen LogP contribution in [-0.2, 0) is 11.2 Å². The summed E-state index contributed by atoms with van der Waals surface area (Å²) in [6, 6.07) is 8.78. The molecule has 3 rings (SSSR count). The highest BCUT2D eigenvalue weighted by molar-refractivity contribution is 7.10. The number of hydrogen-bond donors (Lipinski definition) is 1. The summed E-state index contributed by atoms with van der Waals surface area (Å²) in [5, 5.41) is 5.60. The fourth-order valence-electron chi connectivity index (χ4n) is 3.64. The SMILES string of the molecule is CC(C)NC(=O)N(CC(=O)N1CCc2sccc2[C@H]1COc1ccc(Cl)cc1)C(C)C. The van der Waals surface area contributed by atoms with Gasteiger partial charge in [-0.1, -0.05) is 11.6 Å². The standard InChI is InChI=1S/C23H30ClN3O3S/c1-15(2)25-23(29)27(16(3)4)13-22(28)26-11-9-21-19(10-12-31-21)20(26)14-30-18-7-5-17(24)6-8-18/h5-8,10,12,15-16,20H,9,11,13-14H2,1-4H3,(H,25,29)/t20-/m1/s1. The minimum Gasteiger partial charge on any atom is -0.491 e. The van der Waals surface area contributed by atoms with E-state index >= 15 is 0 Å². The Morgan fingerprint density at radius 3 is 2.58 bits per heavy atom. The van der Waals surface area contributed by atoms with E-state index in [1.54, 1.807) is 28.4 Å². The van der Waals surface area contributed by atoms with E-state index in [2.05, 4.69) is 16.8 Å². The number of rotatable bonds is 7. The number of fused-ring (bicyclic) bond motifs is 1. The molecule has 0 spiro atoms. The Labute approximate surface area is 193 Å². The maximum atomic E-state index is 13.3. The van der Waals surface area contributed by atoms with Crippen molar-refractivity contribution in [3.8, 4) is 5.75 Å². The van der Waals surface area contributed by atoms with Gasteiger partial charge in [0.25, 0.3) is 0 Å². The van der Waals surface area contributed by atoms with E-state index in [1.807, 2.05) is 44.7 Å². The van der Waals surface area contributed by atoms with Crippen LogP contribution in [0, 0.1) is 0 Å². The largest absolute Gasteiger partial charge is 0.491 e. The first kappa shape index (κ1) is 23.4. The molecule has 31 heavy (non-hydrogen) atoms. The van der Waals surface area contributed by atoms with Crippen molar-refractivity contribution in [2.24, 2.45) is 0 Å². The van der Waals surface area contributed by atoms with E-state index in [0.29, 0.717) is 23.9 Å². The molecule has 0 saturated heterocycles. The fourth-order valence-corrected chi connectivity index (χ4v) is 4.69. The summed E-state index contributed by atoms with van der Waals surface area (Å²) in [5.41, 5.74) is 1.13. The van der Waals surface area contributed by atoms with E-state index in [0.717, 1.165) is 12.0 Å². The number of carbonyl (C=O) groups excluding carboxylic acids is 2. The Bertz CT molecular complexity index is 898. The number of carbonyl (C=O) groups is 2. The van der Waals surface area contributed by atoms with Crippen molar-refractivity contribution in [3.05, 3.63) is 51.2 Å². The molecule has 8 heteroatoms. The van der Waals surface area contributed by atoms with Crippen molar-refractivity contribution in [3.63, 3.8) is 0 Å². The third kappa shape index (κ3) is 5.92. The maximum absolute atomic E-state index is 13.3. The molecule has 0 fully saturated rings. The molecule has 0 unspecified atom stereocenters. The van der Waals surface area contributed by atoms with Crippen LogP contribution in [0.4, 0.5) is 4.79 Å². The predicted octanol–water partition coefficient (Wildman–Crippen LogP) is 4.73. The summed E-state index contributed by atoms with van der Waals surface area (Å²) in [6.07, 6.45) is 0.816. The molecule has 0 aliphatic carbocycles. The summed E-state index contributed by atoms with van der Waals surface area (Å²) in [6.45, 7) is 8.64. The highest BCUT2D eigenvalue weighted by atomic mass is 35.5. The average molecular weight is 464 g/mol. The van der Waals surface area contributed by atoms with Crippen LogP contribution in [0.3, 0.4) is 0 Å². The third-order valence-corrected chi connectivity index (χ3v) is 6.49. The van der Waals surface area contributed by atoms with Gasteiger partial charge >= 0.3 is 6.03 Å². The zero-order chi connectivity index (χ0) is 22.5. The lowest BCUT2D eigenvalue weighted by Gasteiger charge is -2.37. The molecule has 1 aliphatic rings. The van der Waals surface area contributed by atoms with Crippen molar-refractivity contribution >= 4 is 34.9 Å². The first-order valence-corrected chi connectivity index (χ1v) is 11.8. The molecule has 0 saturated carbocycles. The number of nitrogens with zero attached hydrogens (tertiary/aromatic N) is 2. The van der Waals surface area contributed by atoms with Gasteiger partial charge in [-0.2, -0.15) is 0 Å². The normalized spacial score (nSPS) is 15.7. The van der Waals surface area contributed by atoms with Crippen LogP contribution in [0.2, 0.25) is 5.02 Å². The van der Waals surface area contributed by atoms with Gasteiger partial charge < -0.3 is 19.9 Å². The molecule has 1 aromatic carbocycles. The molecular weight excluding hydrogens is 434 g/mol. The second-order valence-electron chi connectivity index (χ2n) is 8.24. The second-order valence-corrected chi connectivity index (χ2v) is 9.68. The quantitative estimate of drug-likeness (QED) is 0.645. The lowest BCUT2D eigenvalue weighted by atomic mass is 10.0.